The van der Waals surface area contributed by atoms with Crippen molar-refractivity contribution in [3.05, 3.63) is 60.2 Å². The van der Waals surface area contributed by atoms with Crippen molar-refractivity contribution >= 4 is 17.0 Å². The molecule has 3 aromatic rings. The second kappa shape index (κ2) is 5.42. The van der Waals surface area contributed by atoms with E-state index in [2.05, 4.69) is 40.1 Å². The number of hydrogen-bond donors (Lipinski definition) is 2. The van der Waals surface area contributed by atoms with Crippen molar-refractivity contribution in [2.45, 2.75) is 24.8 Å². The Hall–Kier alpha value is -2.73. The molecule has 1 aromatic carbocycles. The molecule has 3 N–H and O–H groups in total. The molecule has 24 heavy (non-hydrogen) atoms. The molecule has 0 bridgehead atoms. The van der Waals surface area contributed by atoms with Gasteiger partial charge in [0.15, 0.2) is 11.5 Å². The third kappa shape index (κ3) is 2.03. The number of nitrogens with zero attached hydrogens (tertiary/aromatic N) is 4. The maximum absolute atomic E-state index is 10.2. The molecule has 0 spiro atoms. The van der Waals surface area contributed by atoms with Gasteiger partial charge in [-0.1, -0.05) is 42.0 Å². The lowest BCUT2D eigenvalue weighted by molar-refractivity contribution is 0.208. The zero-order chi connectivity index (χ0) is 16.7. The SMILES string of the molecule is CC1=C[C@H](n2cnc3c(N)ncnc32)C[C@@]1(CO)c1ccccc1. The third-order valence-corrected chi connectivity index (χ3v) is 5.10. The summed E-state index contributed by atoms with van der Waals surface area (Å²) >= 11 is 0. The van der Waals surface area contributed by atoms with Crippen LogP contribution in [0, 0.1) is 0 Å². The molecule has 1 aliphatic carbocycles. The van der Waals surface area contributed by atoms with Crippen molar-refractivity contribution in [2.75, 3.05) is 12.3 Å². The summed E-state index contributed by atoms with van der Waals surface area (Å²) in [6.45, 7) is 2.14. The van der Waals surface area contributed by atoms with Gasteiger partial charge in [0.25, 0.3) is 0 Å². The number of imidazole rings is 1. The Balaban J connectivity index is 1.78. The smallest absolute Gasteiger partial charge is 0.165 e. The van der Waals surface area contributed by atoms with Gasteiger partial charge in [-0.3, -0.25) is 0 Å². The predicted octanol–water partition coefficient (Wildman–Crippen LogP) is 2.23. The van der Waals surface area contributed by atoms with Gasteiger partial charge in [-0.05, 0) is 18.9 Å². The lowest BCUT2D eigenvalue weighted by Crippen LogP contribution is -2.30. The molecule has 122 valence electrons. The van der Waals surface area contributed by atoms with Crippen molar-refractivity contribution in [1.29, 1.82) is 0 Å². The highest BCUT2D eigenvalue weighted by Gasteiger charge is 2.41. The summed E-state index contributed by atoms with van der Waals surface area (Å²) in [5.41, 5.74) is 9.13. The van der Waals surface area contributed by atoms with E-state index in [4.69, 9.17) is 5.73 Å². The van der Waals surface area contributed by atoms with Gasteiger partial charge in [0.05, 0.1) is 19.0 Å². The van der Waals surface area contributed by atoms with Crippen LogP contribution in [0.2, 0.25) is 0 Å². The normalized spacial score (nSPS) is 23.6. The predicted molar refractivity (Wildman–Crippen MR) is 92.4 cm³/mol. The van der Waals surface area contributed by atoms with Crippen LogP contribution in [-0.4, -0.2) is 31.2 Å². The van der Waals surface area contributed by atoms with Gasteiger partial charge in [-0.2, -0.15) is 0 Å². The fourth-order valence-electron chi connectivity index (χ4n) is 3.70. The molecular weight excluding hydrogens is 302 g/mol. The molecule has 2 aromatic heterocycles. The maximum Gasteiger partial charge on any atom is 0.165 e. The minimum Gasteiger partial charge on any atom is -0.395 e. The van der Waals surface area contributed by atoms with Gasteiger partial charge in [-0.15, -0.1) is 0 Å². The molecule has 0 saturated carbocycles. The van der Waals surface area contributed by atoms with Gasteiger partial charge in [0.2, 0.25) is 0 Å². The summed E-state index contributed by atoms with van der Waals surface area (Å²) < 4.78 is 2.01. The van der Waals surface area contributed by atoms with E-state index in [0.29, 0.717) is 11.3 Å². The topological polar surface area (TPSA) is 89.9 Å². The monoisotopic (exact) mass is 321 g/mol. The van der Waals surface area contributed by atoms with Crippen LogP contribution in [0.3, 0.4) is 0 Å². The zero-order valence-electron chi connectivity index (χ0n) is 13.4. The van der Waals surface area contributed by atoms with Crippen molar-refractivity contribution in [1.82, 2.24) is 19.5 Å². The fourth-order valence-corrected chi connectivity index (χ4v) is 3.70. The van der Waals surface area contributed by atoms with Crippen LogP contribution in [-0.2, 0) is 5.41 Å². The van der Waals surface area contributed by atoms with Crippen LogP contribution in [0.4, 0.5) is 5.82 Å². The standard InChI is InChI=1S/C18H19N5O/c1-12-7-14(8-18(12,9-24)13-5-3-2-4-6-13)23-11-22-15-16(19)20-10-21-17(15)23/h2-7,10-11,14,24H,8-9H2,1H3,(H2,19,20,21)/t14-,18-/m0/s1. The van der Waals surface area contributed by atoms with Gasteiger partial charge in [-0.25, -0.2) is 15.0 Å². The first-order valence-electron chi connectivity index (χ1n) is 7.94. The van der Waals surface area contributed by atoms with Gasteiger partial charge in [0.1, 0.15) is 11.8 Å². The Morgan fingerprint density at radius 2 is 2.04 bits per heavy atom. The Kier molecular flexibility index (Phi) is 3.35. The van der Waals surface area contributed by atoms with Crippen molar-refractivity contribution < 1.29 is 5.11 Å². The highest BCUT2D eigenvalue weighted by atomic mass is 16.3. The van der Waals surface area contributed by atoms with E-state index < -0.39 is 0 Å². The number of fused-ring (bicyclic) bond motifs is 1. The average Bonchev–Trinajstić information content (AvgIpc) is 3.18. The van der Waals surface area contributed by atoms with Gasteiger partial charge < -0.3 is 15.4 Å². The van der Waals surface area contributed by atoms with E-state index in [9.17, 15) is 5.11 Å². The first-order valence-corrected chi connectivity index (χ1v) is 7.94. The molecule has 2 heterocycles. The van der Waals surface area contributed by atoms with Crippen LogP contribution in [0.15, 0.2) is 54.6 Å². The number of allylic oxidation sites excluding steroid dienone is 1. The number of aromatic nitrogens is 4. The number of hydrogen-bond acceptors (Lipinski definition) is 5. The minimum atomic E-state index is -0.374. The van der Waals surface area contributed by atoms with Crippen molar-refractivity contribution in [3.8, 4) is 0 Å². The molecule has 2 atom stereocenters. The number of anilines is 1. The summed E-state index contributed by atoms with van der Waals surface area (Å²) in [7, 11) is 0. The van der Waals surface area contributed by atoms with Gasteiger partial charge >= 0.3 is 0 Å². The first-order chi connectivity index (χ1) is 11.7. The molecule has 4 rings (SSSR count). The van der Waals surface area contributed by atoms with E-state index in [1.54, 1.807) is 6.33 Å². The van der Waals surface area contributed by atoms with Crippen molar-refractivity contribution in [3.63, 3.8) is 0 Å². The molecule has 1 aliphatic rings. The summed E-state index contributed by atoms with van der Waals surface area (Å²) in [4.78, 5) is 12.7. The second-order valence-corrected chi connectivity index (χ2v) is 6.31. The number of rotatable bonds is 3. The Morgan fingerprint density at radius 1 is 1.25 bits per heavy atom. The molecular formula is C18H19N5O. The van der Waals surface area contributed by atoms with E-state index >= 15 is 0 Å². The largest absolute Gasteiger partial charge is 0.395 e. The molecule has 0 fully saturated rings. The summed E-state index contributed by atoms with van der Waals surface area (Å²) in [6.07, 6.45) is 6.15. The third-order valence-electron chi connectivity index (χ3n) is 5.10. The summed E-state index contributed by atoms with van der Waals surface area (Å²) in [6, 6.07) is 10.2. The number of benzene rings is 1. The lowest BCUT2D eigenvalue weighted by atomic mass is 9.76. The molecule has 6 nitrogen and oxygen atoms in total. The first kappa shape index (κ1) is 14.8. The van der Waals surface area contributed by atoms with Gasteiger partial charge in [0, 0.05) is 5.41 Å². The Labute approximate surface area is 139 Å². The number of aliphatic hydroxyl groups excluding tert-OH is 1. The highest BCUT2D eigenvalue weighted by Crippen LogP contribution is 2.46. The minimum absolute atomic E-state index is 0.0663. The molecule has 0 aliphatic heterocycles. The molecule has 0 amide bonds. The van der Waals surface area contributed by atoms with E-state index in [1.165, 1.54) is 6.33 Å². The van der Waals surface area contributed by atoms with E-state index in [0.717, 1.165) is 23.2 Å². The Bertz CT molecular complexity index is 918. The fraction of sp³-hybridized carbons (Fsp3) is 0.278. The number of nitrogens with two attached hydrogens (primary N) is 1. The van der Waals surface area contributed by atoms with Crippen molar-refractivity contribution in [2.24, 2.45) is 0 Å². The number of nitrogen functional groups attached to an aromatic ring is 1. The molecule has 0 saturated heterocycles. The molecule has 6 heteroatoms. The zero-order valence-corrected chi connectivity index (χ0v) is 13.4. The van der Waals surface area contributed by atoms with Crippen LogP contribution in [0.25, 0.3) is 11.2 Å². The lowest BCUT2D eigenvalue weighted by Gasteiger charge is -2.30. The second-order valence-electron chi connectivity index (χ2n) is 6.31. The average molecular weight is 321 g/mol. The summed E-state index contributed by atoms with van der Waals surface area (Å²) in [5, 5.41) is 10.2. The van der Waals surface area contributed by atoms with Crippen LogP contribution >= 0.6 is 0 Å². The number of aliphatic hydroxyl groups is 1. The van der Waals surface area contributed by atoms with E-state index in [1.807, 2.05) is 22.8 Å². The Morgan fingerprint density at radius 3 is 2.79 bits per heavy atom. The van der Waals surface area contributed by atoms with E-state index in [-0.39, 0.29) is 18.1 Å². The highest BCUT2D eigenvalue weighted by molar-refractivity contribution is 5.81. The van der Waals surface area contributed by atoms with Crippen LogP contribution in [0.5, 0.6) is 0 Å². The molecule has 0 unspecified atom stereocenters. The van der Waals surface area contributed by atoms with Crippen LogP contribution < -0.4 is 5.73 Å². The quantitative estimate of drug-likeness (QED) is 0.722. The van der Waals surface area contributed by atoms with Crippen LogP contribution in [0.1, 0.15) is 24.9 Å². The maximum atomic E-state index is 10.2. The molecule has 0 radical (unpaired) electrons. The summed E-state index contributed by atoms with van der Waals surface area (Å²) in [5.74, 6) is 0.383.